The minimum absolute atomic E-state index is 0.245. The molecule has 2 fully saturated rings. The minimum Gasteiger partial charge on any atom is -0.385 e. The van der Waals surface area contributed by atoms with E-state index in [0.717, 1.165) is 49.6 Å². The molecule has 114 valence electrons. The molecule has 3 rings (SSSR count). The topological polar surface area (TPSA) is 58.4 Å². The zero-order valence-electron chi connectivity index (χ0n) is 12.6. The molecular weight excluding hydrogens is 262 g/mol. The van der Waals surface area contributed by atoms with Gasteiger partial charge in [-0.15, -0.1) is 0 Å². The van der Waals surface area contributed by atoms with Crippen molar-refractivity contribution in [2.45, 2.75) is 44.6 Å². The summed E-state index contributed by atoms with van der Waals surface area (Å²) in [5.41, 5.74) is 8.10. The first kappa shape index (κ1) is 14.4. The molecule has 0 radical (unpaired) electrons. The molecule has 3 N–H and O–H groups in total. The lowest BCUT2D eigenvalue weighted by atomic mass is 9.86. The second-order valence-electron chi connectivity index (χ2n) is 6.36. The molecule has 1 aromatic carbocycles. The average molecular weight is 287 g/mol. The monoisotopic (exact) mass is 287 g/mol. The van der Waals surface area contributed by atoms with E-state index in [-0.39, 0.29) is 5.91 Å². The van der Waals surface area contributed by atoms with Gasteiger partial charge in [0.1, 0.15) is 0 Å². The summed E-state index contributed by atoms with van der Waals surface area (Å²) in [6.45, 7) is 1.88. The molecule has 1 heterocycles. The smallest absolute Gasteiger partial charge is 0.227 e. The molecule has 1 saturated carbocycles. The minimum atomic E-state index is 0.245. The molecule has 1 aliphatic carbocycles. The molecule has 2 aliphatic rings. The van der Waals surface area contributed by atoms with Crippen LogP contribution < -0.4 is 16.0 Å². The van der Waals surface area contributed by atoms with Crippen molar-refractivity contribution in [2.75, 3.05) is 23.3 Å². The molecule has 0 atom stereocenters. The van der Waals surface area contributed by atoms with Gasteiger partial charge in [-0.1, -0.05) is 0 Å². The summed E-state index contributed by atoms with van der Waals surface area (Å²) >= 11 is 0. The van der Waals surface area contributed by atoms with Crippen molar-refractivity contribution in [3.05, 3.63) is 24.3 Å². The van der Waals surface area contributed by atoms with Gasteiger partial charge in [-0.25, -0.2) is 0 Å². The first-order chi connectivity index (χ1) is 10.2. The normalized spacial score (nSPS) is 26.1. The number of rotatable bonds is 4. The molecule has 0 spiro atoms. The van der Waals surface area contributed by atoms with E-state index in [1.165, 1.54) is 12.8 Å². The van der Waals surface area contributed by atoms with E-state index in [4.69, 9.17) is 5.73 Å². The number of nitrogens with two attached hydrogens (primary N) is 1. The molecule has 1 aromatic rings. The van der Waals surface area contributed by atoms with Crippen molar-refractivity contribution in [2.24, 2.45) is 11.7 Å². The summed E-state index contributed by atoms with van der Waals surface area (Å²) in [6.07, 6.45) is 6.43. The van der Waals surface area contributed by atoms with Crippen molar-refractivity contribution < 1.29 is 4.79 Å². The number of anilines is 2. The van der Waals surface area contributed by atoms with E-state index in [1.807, 2.05) is 17.0 Å². The van der Waals surface area contributed by atoms with Crippen molar-refractivity contribution in [1.29, 1.82) is 0 Å². The highest BCUT2D eigenvalue weighted by molar-refractivity contribution is 5.95. The molecule has 4 heteroatoms. The van der Waals surface area contributed by atoms with E-state index < -0.39 is 0 Å². The fourth-order valence-electron chi connectivity index (χ4n) is 3.33. The predicted octanol–water partition coefficient (Wildman–Crippen LogP) is 2.74. The standard InChI is InChI=1S/C17H25N3O/c18-14-5-3-13(4-6-14)12-19-15-7-9-16(10-8-15)20-11-1-2-17(20)21/h7-10,13-14,19H,1-6,11-12,18H2/t13-,14-. The van der Waals surface area contributed by atoms with Gasteiger partial charge in [0.05, 0.1) is 0 Å². The van der Waals surface area contributed by atoms with Gasteiger partial charge >= 0.3 is 0 Å². The molecular formula is C17H25N3O. The van der Waals surface area contributed by atoms with Crippen molar-refractivity contribution in [3.8, 4) is 0 Å². The lowest BCUT2D eigenvalue weighted by molar-refractivity contribution is -0.117. The molecule has 4 nitrogen and oxygen atoms in total. The number of carbonyl (C=O) groups excluding carboxylic acids is 1. The van der Waals surface area contributed by atoms with Gasteiger partial charge in [-0.05, 0) is 62.3 Å². The Morgan fingerprint density at radius 2 is 1.86 bits per heavy atom. The number of nitrogens with zero attached hydrogens (tertiary/aromatic N) is 1. The summed E-state index contributed by atoms with van der Waals surface area (Å²) in [5.74, 6) is 0.985. The van der Waals surface area contributed by atoms with E-state index in [9.17, 15) is 4.79 Å². The molecule has 0 aromatic heterocycles. The van der Waals surface area contributed by atoms with Crippen LogP contribution in [0.4, 0.5) is 11.4 Å². The van der Waals surface area contributed by atoms with Crippen LogP contribution in [-0.2, 0) is 4.79 Å². The highest BCUT2D eigenvalue weighted by atomic mass is 16.2. The predicted molar refractivity (Wildman–Crippen MR) is 86.5 cm³/mol. The Hall–Kier alpha value is -1.55. The summed E-state index contributed by atoms with van der Waals surface area (Å²) in [7, 11) is 0. The molecule has 0 unspecified atom stereocenters. The molecule has 1 amide bonds. The number of amides is 1. The van der Waals surface area contributed by atoms with Crippen LogP contribution in [0.3, 0.4) is 0 Å². The second-order valence-corrected chi connectivity index (χ2v) is 6.36. The van der Waals surface area contributed by atoms with Gasteiger partial charge in [0, 0.05) is 36.9 Å². The van der Waals surface area contributed by atoms with Gasteiger partial charge in [-0.3, -0.25) is 4.79 Å². The zero-order chi connectivity index (χ0) is 14.7. The summed E-state index contributed by atoms with van der Waals surface area (Å²) in [4.78, 5) is 13.6. The van der Waals surface area contributed by atoms with E-state index in [2.05, 4.69) is 17.4 Å². The Balaban J connectivity index is 1.51. The summed E-state index contributed by atoms with van der Waals surface area (Å²) in [6, 6.07) is 8.66. The van der Waals surface area contributed by atoms with Crippen LogP contribution in [0.5, 0.6) is 0 Å². The molecule has 0 bridgehead atoms. The van der Waals surface area contributed by atoms with Crippen LogP contribution in [0.1, 0.15) is 38.5 Å². The first-order valence-corrected chi connectivity index (χ1v) is 8.12. The maximum absolute atomic E-state index is 11.7. The SMILES string of the molecule is N[C@H]1CC[C@H](CNc2ccc(N3CCCC3=O)cc2)CC1. The van der Waals surface area contributed by atoms with Crippen molar-refractivity contribution in [1.82, 2.24) is 0 Å². The van der Waals surface area contributed by atoms with Crippen LogP contribution in [-0.4, -0.2) is 25.0 Å². The first-order valence-electron chi connectivity index (χ1n) is 8.12. The summed E-state index contributed by atoms with van der Waals surface area (Å²) in [5, 5.41) is 3.51. The maximum atomic E-state index is 11.7. The quantitative estimate of drug-likeness (QED) is 0.895. The molecule has 1 saturated heterocycles. The van der Waals surface area contributed by atoms with Gasteiger partial charge in [0.2, 0.25) is 5.91 Å². The number of hydrogen-bond donors (Lipinski definition) is 2. The van der Waals surface area contributed by atoms with Gasteiger partial charge in [0.25, 0.3) is 0 Å². The third-order valence-electron chi connectivity index (χ3n) is 4.74. The van der Waals surface area contributed by atoms with E-state index in [0.29, 0.717) is 12.5 Å². The van der Waals surface area contributed by atoms with Gasteiger partial charge in [-0.2, -0.15) is 0 Å². The summed E-state index contributed by atoms with van der Waals surface area (Å²) < 4.78 is 0. The van der Waals surface area contributed by atoms with Crippen LogP contribution in [0.2, 0.25) is 0 Å². The van der Waals surface area contributed by atoms with E-state index >= 15 is 0 Å². The fourth-order valence-corrected chi connectivity index (χ4v) is 3.33. The average Bonchev–Trinajstić information content (AvgIpc) is 2.93. The lowest BCUT2D eigenvalue weighted by Crippen LogP contribution is -2.29. The number of hydrogen-bond acceptors (Lipinski definition) is 3. The number of benzene rings is 1. The van der Waals surface area contributed by atoms with Crippen molar-refractivity contribution >= 4 is 17.3 Å². The van der Waals surface area contributed by atoms with Crippen LogP contribution in [0, 0.1) is 5.92 Å². The van der Waals surface area contributed by atoms with E-state index in [1.54, 1.807) is 0 Å². The molecule has 1 aliphatic heterocycles. The van der Waals surface area contributed by atoms with Gasteiger partial charge in [0.15, 0.2) is 0 Å². The third-order valence-corrected chi connectivity index (χ3v) is 4.74. The second kappa shape index (κ2) is 6.48. The lowest BCUT2D eigenvalue weighted by Gasteiger charge is -2.26. The highest BCUT2D eigenvalue weighted by Gasteiger charge is 2.21. The largest absolute Gasteiger partial charge is 0.385 e. The highest BCUT2D eigenvalue weighted by Crippen LogP contribution is 2.25. The number of carbonyl (C=O) groups is 1. The number of nitrogens with one attached hydrogen (secondary N) is 1. The Bertz CT molecular complexity index is 477. The zero-order valence-corrected chi connectivity index (χ0v) is 12.6. The maximum Gasteiger partial charge on any atom is 0.227 e. The fraction of sp³-hybridized carbons (Fsp3) is 0.588. The Morgan fingerprint density at radius 1 is 1.14 bits per heavy atom. The molecule has 21 heavy (non-hydrogen) atoms. The van der Waals surface area contributed by atoms with Gasteiger partial charge < -0.3 is 16.0 Å². The van der Waals surface area contributed by atoms with Crippen LogP contribution >= 0.6 is 0 Å². The Morgan fingerprint density at radius 3 is 2.48 bits per heavy atom. The Labute approximate surface area is 126 Å². The van der Waals surface area contributed by atoms with Crippen molar-refractivity contribution in [3.63, 3.8) is 0 Å². The third kappa shape index (κ3) is 3.56. The van der Waals surface area contributed by atoms with Crippen LogP contribution in [0.15, 0.2) is 24.3 Å². The van der Waals surface area contributed by atoms with Crippen LogP contribution in [0.25, 0.3) is 0 Å². The Kier molecular flexibility index (Phi) is 4.44.